The van der Waals surface area contributed by atoms with E-state index in [1.807, 2.05) is 30.3 Å². The van der Waals surface area contributed by atoms with Crippen molar-refractivity contribution in [1.29, 1.82) is 0 Å². The molecule has 3 rings (SSSR count). The van der Waals surface area contributed by atoms with Crippen molar-refractivity contribution in [3.05, 3.63) is 94.0 Å². The first kappa shape index (κ1) is 22.0. The van der Waals surface area contributed by atoms with Gasteiger partial charge >= 0.3 is 0 Å². The van der Waals surface area contributed by atoms with Gasteiger partial charge in [-0.15, -0.1) is 11.8 Å². The van der Waals surface area contributed by atoms with Crippen molar-refractivity contribution in [1.82, 2.24) is 4.72 Å². The number of anilines is 1. The van der Waals surface area contributed by atoms with Crippen LogP contribution in [0.1, 0.15) is 16.4 Å². The molecule has 0 amide bonds. The number of nitrogens with two attached hydrogens (primary N) is 1. The molecule has 0 aromatic heterocycles. The van der Waals surface area contributed by atoms with Crippen LogP contribution in [0.5, 0.6) is 0 Å². The summed E-state index contributed by atoms with van der Waals surface area (Å²) in [7, 11) is -3.55. The third-order valence-electron chi connectivity index (χ3n) is 4.25. The second-order valence-corrected chi connectivity index (χ2v) is 10.1. The molecule has 1 unspecified atom stereocenters. The standard InChI is InChI=1S/C21H20Cl2N2O2S2/c22-15-10-11-20(24)18(14-15)21(17-8-4-5-9-19(17)23)28-13-12-25-29(26,27)16-6-2-1-3-7-16/h1-11,14,21,25H,12-13,24H2. The number of rotatable bonds is 8. The molecule has 0 bridgehead atoms. The number of halogens is 2. The lowest BCUT2D eigenvalue weighted by Crippen LogP contribution is -2.26. The molecule has 0 radical (unpaired) electrons. The van der Waals surface area contributed by atoms with Crippen molar-refractivity contribution >= 4 is 50.7 Å². The van der Waals surface area contributed by atoms with Crippen molar-refractivity contribution in [2.24, 2.45) is 0 Å². The van der Waals surface area contributed by atoms with E-state index in [9.17, 15) is 8.42 Å². The molecule has 0 aliphatic rings. The van der Waals surface area contributed by atoms with Gasteiger partial charge in [-0.3, -0.25) is 0 Å². The van der Waals surface area contributed by atoms with Crippen LogP contribution in [0.4, 0.5) is 5.69 Å². The van der Waals surface area contributed by atoms with Gasteiger partial charge < -0.3 is 5.73 Å². The average molecular weight is 467 g/mol. The van der Waals surface area contributed by atoms with E-state index in [1.165, 1.54) is 0 Å². The maximum atomic E-state index is 12.4. The van der Waals surface area contributed by atoms with Crippen LogP contribution in [0.15, 0.2) is 77.7 Å². The van der Waals surface area contributed by atoms with Gasteiger partial charge in [-0.2, -0.15) is 0 Å². The van der Waals surface area contributed by atoms with E-state index < -0.39 is 10.0 Å². The fourth-order valence-electron chi connectivity index (χ4n) is 2.84. The Morgan fingerprint density at radius 1 is 0.931 bits per heavy atom. The highest BCUT2D eigenvalue weighted by Gasteiger charge is 2.21. The molecular formula is C21H20Cl2N2O2S2. The van der Waals surface area contributed by atoms with E-state index in [4.69, 9.17) is 28.9 Å². The third kappa shape index (κ3) is 5.68. The highest BCUT2D eigenvalue weighted by atomic mass is 35.5. The maximum Gasteiger partial charge on any atom is 0.240 e. The number of sulfonamides is 1. The topological polar surface area (TPSA) is 72.2 Å². The van der Waals surface area contributed by atoms with Crippen LogP contribution in [0.3, 0.4) is 0 Å². The zero-order chi connectivity index (χ0) is 20.9. The Labute approximate surface area is 185 Å². The summed E-state index contributed by atoms with van der Waals surface area (Å²) < 4.78 is 27.4. The molecule has 0 fully saturated rings. The van der Waals surface area contributed by atoms with Gasteiger partial charge in [0.05, 0.1) is 10.1 Å². The van der Waals surface area contributed by atoms with E-state index in [-0.39, 0.29) is 16.7 Å². The van der Waals surface area contributed by atoms with Gasteiger partial charge in [-0.05, 0) is 47.5 Å². The van der Waals surface area contributed by atoms with Crippen LogP contribution in [0.2, 0.25) is 10.0 Å². The Bertz CT molecular complexity index is 1080. The van der Waals surface area contributed by atoms with Gasteiger partial charge in [0, 0.05) is 28.0 Å². The summed E-state index contributed by atoms with van der Waals surface area (Å²) in [4.78, 5) is 0.242. The minimum Gasteiger partial charge on any atom is -0.398 e. The van der Waals surface area contributed by atoms with E-state index >= 15 is 0 Å². The Morgan fingerprint density at radius 2 is 1.62 bits per heavy atom. The SMILES string of the molecule is Nc1ccc(Cl)cc1C(SCCNS(=O)(=O)c1ccccc1)c1ccccc1Cl. The van der Waals surface area contributed by atoms with Gasteiger partial charge in [0.25, 0.3) is 0 Å². The molecular weight excluding hydrogens is 447 g/mol. The molecule has 1 atom stereocenters. The Morgan fingerprint density at radius 3 is 2.34 bits per heavy atom. The molecule has 4 nitrogen and oxygen atoms in total. The van der Waals surface area contributed by atoms with Gasteiger partial charge in [-0.1, -0.05) is 59.6 Å². The van der Waals surface area contributed by atoms with Crippen molar-refractivity contribution < 1.29 is 8.42 Å². The molecule has 0 spiro atoms. The summed E-state index contributed by atoms with van der Waals surface area (Å²) in [5.41, 5.74) is 8.56. The summed E-state index contributed by atoms with van der Waals surface area (Å²) in [6, 6.07) is 21.2. The Kier molecular flexibility index (Phi) is 7.49. The van der Waals surface area contributed by atoms with Crippen LogP contribution >= 0.6 is 35.0 Å². The van der Waals surface area contributed by atoms with Crippen LogP contribution in [0, 0.1) is 0 Å². The first-order valence-corrected chi connectivity index (χ1v) is 12.1. The Hall–Kier alpha value is -1.70. The van der Waals surface area contributed by atoms with Crippen molar-refractivity contribution in [3.8, 4) is 0 Å². The lowest BCUT2D eigenvalue weighted by molar-refractivity contribution is 0.584. The highest BCUT2D eigenvalue weighted by Crippen LogP contribution is 2.42. The van der Waals surface area contributed by atoms with Crippen molar-refractivity contribution in [3.63, 3.8) is 0 Å². The minimum atomic E-state index is -3.55. The molecule has 3 N–H and O–H groups in total. The van der Waals surface area contributed by atoms with Gasteiger partial charge in [0.2, 0.25) is 10.0 Å². The van der Waals surface area contributed by atoms with Gasteiger partial charge in [0.1, 0.15) is 0 Å². The van der Waals surface area contributed by atoms with Gasteiger partial charge in [-0.25, -0.2) is 13.1 Å². The second kappa shape index (κ2) is 9.87. The van der Waals surface area contributed by atoms with E-state index in [1.54, 1.807) is 54.2 Å². The summed E-state index contributed by atoms with van der Waals surface area (Å²) >= 11 is 14.2. The number of benzene rings is 3. The maximum absolute atomic E-state index is 12.4. The predicted molar refractivity (Wildman–Crippen MR) is 123 cm³/mol. The quantitative estimate of drug-likeness (QED) is 0.345. The molecule has 0 aliphatic heterocycles. The number of nitrogen functional groups attached to an aromatic ring is 1. The fourth-order valence-corrected chi connectivity index (χ4v) is 5.74. The predicted octanol–water partition coefficient (Wildman–Crippen LogP) is 5.38. The molecule has 152 valence electrons. The van der Waals surface area contributed by atoms with E-state index in [2.05, 4.69) is 4.72 Å². The summed E-state index contributed by atoms with van der Waals surface area (Å²) in [5.74, 6) is 0.522. The number of hydrogen-bond acceptors (Lipinski definition) is 4. The fraction of sp³-hybridized carbons (Fsp3) is 0.143. The monoisotopic (exact) mass is 466 g/mol. The van der Waals surface area contributed by atoms with Crippen LogP contribution in [0.25, 0.3) is 0 Å². The number of hydrogen-bond donors (Lipinski definition) is 2. The van der Waals surface area contributed by atoms with E-state index in [0.29, 0.717) is 21.5 Å². The first-order chi connectivity index (χ1) is 13.9. The third-order valence-corrected chi connectivity index (χ3v) is 7.59. The number of thioether (sulfide) groups is 1. The second-order valence-electron chi connectivity index (χ2n) is 6.26. The average Bonchev–Trinajstić information content (AvgIpc) is 2.72. The summed E-state index contributed by atoms with van der Waals surface area (Å²) in [5, 5.41) is 1.02. The van der Waals surface area contributed by atoms with Crippen molar-refractivity contribution in [2.75, 3.05) is 18.0 Å². The molecule has 3 aromatic carbocycles. The normalized spacial score (nSPS) is 12.6. The summed E-state index contributed by atoms with van der Waals surface area (Å²) in [6.07, 6.45) is 0. The largest absolute Gasteiger partial charge is 0.398 e. The molecule has 29 heavy (non-hydrogen) atoms. The van der Waals surface area contributed by atoms with Crippen LogP contribution in [-0.2, 0) is 10.0 Å². The molecule has 8 heteroatoms. The van der Waals surface area contributed by atoms with Crippen molar-refractivity contribution in [2.45, 2.75) is 10.1 Å². The molecule has 3 aromatic rings. The van der Waals surface area contributed by atoms with Crippen LogP contribution < -0.4 is 10.5 Å². The van der Waals surface area contributed by atoms with E-state index in [0.717, 1.165) is 11.1 Å². The Balaban J connectivity index is 1.76. The molecule has 0 saturated carbocycles. The first-order valence-electron chi connectivity index (χ1n) is 8.84. The van der Waals surface area contributed by atoms with Crippen LogP contribution in [-0.4, -0.2) is 20.7 Å². The number of nitrogens with one attached hydrogen (secondary N) is 1. The molecule has 0 saturated heterocycles. The lowest BCUT2D eigenvalue weighted by atomic mass is 10.0. The minimum absolute atomic E-state index is 0.177. The molecule has 0 heterocycles. The van der Waals surface area contributed by atoms with Gasteiger partial charge in [0.15, 0.2) is 0 Å². The molecule has 0 aliphatic carbocycles. The zero-order valence-electron chi connectivity index (χ0n) is 15.4. The smallest absolute Gasteiger partial charge is 0.240 e. The lowest BCUT2D eigenvalue weighted by Gasteiger charge is -2.21. The summed E-state index contributed by atoms with van der Waals surface area (Å²) in [6.45, 7) is 0.267. The zero-order valence-corrected chi connectivity index (χ0v) is 18.5. The highest BCUT2D eigenvalue weighted by molar-refractivity contribution is 7.99.